The highest BCUT2D eigenvalue weighted by atomic mass is 19.1. The van der Waals surface area contributed by atoms with Crippen LogP contribution in [0.1, 0.15) is 12.5 Å². The fraction of sp³-hybridized carbons (Fsp3) is 0.267. The molecule has 106 valence electrons. The van der Waals surface area contributed by atoms with E-state index in [0.717, 1.165) is 11.3 Å². The molecule has 0 spiro atoms. The van der Waals surface area contributed by atoms with Gasteiger partial charge in [-0.2, -0.15) is 0 Å². The number of rotatable bonds is 5. The van der Waals surface area contributed by atoms with Crippen molar-refractivity contribution in [3.8, 4) is 5.75 Å². The number of nitrogens with zero attached hydrogens (tertiary/aromatic N) is 2. The van der Waals surface area contributed by atoms with Gasteiger partial charge >= 0.3 is 0 Å². The molecule has 0 aliphatic rings. The summed E-state index contributed by atoms with van der Waals surface area (Å²) >= 11 is 0. The van der Waals surface area contributed by atoms with Crippen molar-refractivity contribution >= 4 is 11.4 Å². The van der Waals surface area contributed by atoms with Gasteiger partial charge in [0.1, 0.15) is 0 Å². The average Bonchev–Trinajstić information content (AvgIpc) is 2.43. The third-order valence-corrected chi connectivity index (χ3v) is 2.96. The molecule has 20 heavy (non-hydrogen) atoms. The Kier molecular flexibility index (Phi) is 4.40. The van der Waals surface area contributed by atoms with Crippen molar-refractivity contribution in [3.63, 3.8) is 0 Å². The summed E-state index contributed by atoms with van der Waals surface area (Å²) in [6, 6.07) is 6.79. The number of nitrogen functional groups attached to an aromatic ring is 1. The third-order valence-electron chi connectivity index (χ3n) is 2.96. The normalized spacial score (nSPS) is 10.3. The number of anilines is 2. The summed E-state index contributed by atoms with van der Waals surface area (Å²) in [6.45, 7) is 2.88. The molecule has 2 rings (SSSR count). The maximum Gasteiger partial charge on any atom is 0.167 e. The van der Waals surface area contributed by atoms with Gasteiger partial charge in [-0.1, -0.05) is 0 Å². The predicted octanol–water partition coefficient (Wildman–Crippen LogP) is 2.84. The minimum atomic E-state index is -0.439. The van der Waals surface area contributed by atoms with Crippen molar-refractivity contribution in [1.29, 1.82) is 0 Å². The van der Waals surface area contributed by atoms with Gasteiger partial charge in [0.25, 0.3) is 0 Å². The Morgan fingerprint density at radius 3 is 2.65 bits per heavy atom. The number of benzene rings is 1. The maximum absolute atomic E-state index is 13.7. The number of ether oxygens (including phenoxy) is 1. The lowest BCUT2D eigenvalue weighted by Crippen LogP contribution is -2.18. The van der Waals surface area contributed by atoms with Gasteiger partial charge in [0.2, 0.25) is 0 Å². The number of aromatic nitrogens is 1. The highest BCUT2D eigenvalue weighted by molar-refractivity contribution is 5.69. The molecule has 0 saturated heterocycles. The van der Waals surface area contributed by atoms with E-state index in [2.05, 4.69) is 4.98 Å². The monoisotopic (exact) mass is 275 g/mol. The standard InChI is InChI=1S/C15H18FN3O/c1-3-20-15-9-14(13(17)8-12(15)16)19(2)10-11-4-6-18-7-5-11/h4-9H,3,10,17H2,1-2H3. The molecule has 0 aliphatic carbocycles. The van der Waals surface area contributed by atoms with E-state index in [-0.39, 0.29) is 5.75 Å². The first-order valence-electron chi connectivity index (χ1n) is 6.43. The molecule has 1 aromatic carbocycles. The van der Waals surface area contributed by atoms with E-state index in [9.17, 15) is 4.39 Å². The van der Waals surface area contributed by atoms with Crippen molar-refractivity contribution in [2.75, 3.05) is 24.3 Å². The molecule has 0 fully saturated rings. The topological polar surface area (TPSA) is 51.4 Å². The Bertz CT molecular complexity index is 575. The van der Waals surface area contributed by atoms with Crippen molar-refractivity contribution < 1.29 is 9.13 Å². The van der Waals surface area contributed by atoms with Gasteiger partial charge in [-0.05, 0) is 24.6 Å². The summed E-state index contributed by atoms with van der Waals surface area (Å²) in [6.07, 6.45) is 3.48. The molecule has 0 bridgehead atoms. The number of pyridine rings is 1. The number of hydrogen-bond acceptors (Lipinski definition) is 4. The van der Waals surface area contributed by atoms with Crippen LogP contribution in [0, 0.1) is 5.82 Å². The summed E-state index contributed by atoms with van der Waals surface area (Å²) in [4.78, 5) is 5.93. The smallest absolute Gasteiger partial charge is 0.167 e. The van der Waals surface area contributed by atoms with E-state index < -0.39 is 5.82 Å². The van der Waals surface area contributed by atoms with Gasteiger partial charge in [-0.25, -0.2) is 4.39 Å². The summed E-state index contributed by atoms with van der Waals surface area (Å²) in [5, 5.41) is 0. The predicted molar refractivity (Wildman–Crippen MR) is 78.3 cm³/mol. The van der Waals surface area contributed by atoms with Crippen LogP contribution in [0.4, 0.5) is 15.8 Å². The Labute approximate surface area is 118 Å². The quantitative estimate of drug-likeness (QED) is 0.852. The van der Waals surface area contributed by atoms with Crippen LogP contribution >= 0.6 is 0 Å². The van der Waals surface area contributed by atoms with Crippen LogP contribution < -0.4 is 15.4 Å². The number of halogens is 1. The molecular formula is C15H18FN3O. The van der Waals surface area contributed by atoms with E-state index in [4.69, 9.17) is 10.5 Å². The summed E-state index contributed by atoms with van der Waals surface area (Å²) in [7, 11) is 1.90. The van der Waals surface area contributed by atoms with Gasteiger partial charge < -0.3 is 15.4 Å². The molecule has 1 heterocycles. The molecule has 5 heteroatoms. The summed E-state index contributed by atoms with van der Waals surface area (Å²) < 4.78 is 18.9. The third kappa shape index (κ3) is 3.17. The van der Waals surface area contributed by atoms with Crippen molar-refractivity contribution in [3.05, 3.63) is 48.0 Å². The Hall–Kier alpha value is -2.30. The van der Waals surface area contributed by atoms with Gasteiger partial charge in [0, 0.05) is 38.1 Å². The zero-order valence-corrected chi connectivity index (χ0v) is 11.6. The second kappa shape index (κ2) is 6.23. The first-order valence-corrected chi connectivity index (χ1v) is 6.43. The molecule has 0 atom stereocenters. The number of nitrogens with two attached hydrogens (primary N) is 1. The van der Waals surface area contributed by atoms with Crippen LogP contribution in [0.5, 0.6) is 5.75 Å². The molecule has 0 unspecified atom stereocenters. The van der Waals surface area contributed by atoms with Crippen molar-refractivity contribution in [1.82, 2.24) is 4.98 Å². The second-order valence-corrected chi connectivity index (χ2v) is 4.49. The number of hydrogen-bond donors (Lipinski definition) is 1. The van der Waals surface area contributed by atoms with E-state index in [1.165, 1.54) is 6.07 Å². The maximum atomic E-state index is 13.7. The molecule has 1 aromatic heterocycles. The fourth-order valence-electron chi connectivity index (χ4n) is 2.00. The molecule has 2 N–H and O–H groups in total. The largest absolute Gasteiger partial charge is 0.491 e. The van der Waals surface area contributed by atoms with Gasteiger partial charge in [-0.15, -0.1) is 0 Å². The molecule has 0 aliphatic heterocycles. The fourth-order valence-corrected chi connectivity index (χ4v) is 2.00. The lowest BCUT2D eigenvalue weighted by atomic mass is 10.2. The zero-order chi connectivity index (χ0) is 14.5. The molecular weight excluding hydrogens is 257 g/mol. The Morgan fingerprint density at radius 2 is 2.00 bits per heavy atom. The van der Waals surface area contributed by atoms with E-state index in [1.54, 1.807) is 18.5 Å². The minimum absolute atomic E-state index is 0.221. The van der Waals surface area contributed by atoms with Crippen LogP contribution in [0.25, 0.3) is 0 Å². The molecule has 0 amide bonds. The van der Waals surface area contributed by atoms with Crippen molar-refractivity contribution in [2.45, 2.75) is 13.5 Å². The van der Waals surface area contributed by atoms with E-state index in [0.29, 0.717) is 18.8 Å². The van der Waals surface area contributed by atoms with Crippen LogP contribution in [0.2, 0.25) is 0 Å². The lowest BCUT2D eigenvalue weighted by molar-refractivity contribution is 0.322. The van der Waals surface area contributed by atoms with Gasteiger partial charge in [0.05, 0.1) is 18.0 Å². The first kappa shape index (κ1) is 14.1. The summed E-state index contributed by atoms with van der Waals surface area (Å²) in [5.74, 6) is -0.219. The Morgan fingerprint density at radius 1 is 1.30 bits per heavy atom. The van der Waals surface area contributed by atoms with E-state index >= 15 is 0 Å². The van der Waals surface area contributed by atoms with E-state index in [1.807, 2.05) is 31.0 Å². The van der Waals surface area contributed by atoms with Crippen LogP contribution in [0.15, 0.2) is 36.7 Å². The molecule has 0 saturated carbocycles. The molecule has 2 aromatic rings. The minimum Gasteiger partial charge on any atom is -0.491 e. The zero-order valence-electron chi connectivity index (χ0n) is 11.6. The Balaban J connectivity index is 2.25. The van der Waals surface area contributed by atoms with Gasteiger partial charge in [0.15, 0.2) is 11.6 Å². The van der Waals surface area contributed by atoms with Gasteiger partial charge in [-0.3, -0.25) is 4.98 Å². The molecule has 4 nitrogen and oxygen atoms in total. The second-order valence-electron chi connectivity index (χ2n) is 4.49. The first-order chi connectivity index (χ1) is 9.61. The lowest BCUT2D eigenvalue weighted by Gasteiger charge is -2.22. The highest BCUT2D eigenvalue weighted by Crippen LogP contribution is 2.31. The van der Waals surface area contributed by atoms with Crippen molar-refractivity contribution in [2.24, 2.45) is 0 Å². The average molecular weight is 275 g/mol. The molecule has 0 radical (unpaired) electrons. The highest BCUT2D eigenvalue weighted by Gasteiger charge is 2.12. The summed E-state index contributed by atoms with van der Waals surface area (Å²) in [5.41, 5.74) is 8.13. The van der Waals surface area contributed by atoms with Crippen LogP contribution in [-0.2, 0) is 6.54 Å². The van der Waals surface area contributed by atoms with Crippen LogP contribution in [0.3, 0.4) is 0 Å². The SMILES string of the molecule is CCOc1cc(N(C)Cc2ccncc2)c(N)cc1F. The van der Waals surface area contributed by atoms with Crippen LogP contribution in [-0.4, -0.2) is 18.6 Å².